The molecular formula is C10H8ClN3. The second-order valence-corrected chi connectivity index (χ2v) is 3.27. The number of nitrogens with zero attached hydrogens (tertiary/aromatic N) is 2. The topological polar surface area (TPSA) is 41.0 Å². The van der Waals surface area contributed by atoms with Crippen LogP contribution in [0.1, 0.15) is 5.56 Å². The minimum absolute atomic E-state index is 0.587. The van der Waals surface area contributed by atoms with Gasteiger partial charge in [-0.05, 0) is 18.9 Å². The summed E-state index contributed by atoms with van der Waals surface area (Å²) < 4.78 is 0. The van der Waals surface area contributed by atoms with E-state index >= 15 is 0 Å². The molecule has 2 rings (SSSR count). The van der Waals surface area contributed by atoms with Crippen molar-refractivity contribution >= 4 is 35.0 Å². The summed E-state index contributed by atoms with van der Waals surface area (Å²) >= 11 is 6.02. The van der Waals surface area contributed by atoms with E-state index in [0.717, 1.165) is 16.6 Å². The Morgan fingerprint density at radius 2 is 2.29 bits per heavy atom. The van der Waals surface area contributed by atoms with Gasteiger partial charge in [0.15, 0.2) is 0 Å². The van der Waals surface area contributed by atoms with Crippen molar-refractivity contribution in [3.63, 3.8) is 0 Å². The lowest BCUT2D eigenvalue weighted by Crippen LogP contribution is -1.81. The van der Waals surface area contributed by atoms with E-state index in [1.54, 1.807) is 12.4 Å². The summed E-state index contributed by atoms with van der Waals surface area (Å²) in [7, 11) is 0. The Hall–Kier alpha value is -1.61. The maximum absolute atomic E-state index is 6.02. The molecule has 70 valence electrons. The molecule has 0 aliphatic carbocycles. The van der Waals surface area contributed by atoms with Gasteiger partial charge >= 0.3 is 0 Å². The van der Waals surface area contributed by atoms with Gasteiger partial charge < -0.3 is 4.98 Å². The molecule has 0 amide bonds. The summed E-state index contributed by atoms with van der Waals surface area (Å²) in [6, 6.07) is 3.67. The van der Waals surface area contributed by atoms with Gasteiger partial charge in [-0.3, -0.25) is 4.99 Å². The Balaban J connectivity index is 2.69. The van der Waals surface area contributed by atoms with Gasteiger partial charge in [-0.1, -0.05) is 18.2 Å². The van der Waals surface area contributed by atoms with Gasteiger partial charge in [-0.15, -0.1) is 0 Å². The summed E-state index contributed by atoms with van der Waals surface area (Å²) in [4.78, 5) is 10.8. The maximum atomic E-state index is 6.02. The number of imidazole rings is 1. The van der Waals surface area contributed by atoms with Crippen molar-refractivity contribution in [3.8, 4) is 0 Å². The smallest absolute Gasteiger partial charge is 0.107 e. The highest BCUT2D eigenvalue weighted by Gasteiger charge is 2.05. The third kappa shape index (κ3) is 1.32. The second kappa shape index (κ2) is 3.27. The number of rotatable bonds is 2. The molecule has 14 heavy (non-hydrogen) atoms. The Bertz CT molecular complexity index is 513. The Morgan fingerprint density at radius 1 is 1.50 bits per heavy atom. The number of hydrogen-bond donors (Lipinski definition) is 1. The molecular weight excluding hydrogens is 198 g/mol. The predicted octanol–water partition coefficient (Wildman–Crippen LogP) is 2.89. The number of nitrogens with one attached hydrogen (secondary N) is 1. The van der Waals surface area contributed by atoms with Crippen LogP contribution in [0.25, 0.3) is 16.7 Å². The highest BCUT2D eigenvalue weighted by Crippen LogP contribution is 2.25. The zero-order chi connectivity index (χ0) is 10.1. The fourth-order valence-corrected chi connectivity index (χ4v) is 1.53. The Morgan fingerprint density at radius 3 is 3.00 bits per heavy atom. The number of fused-ring (bicyclic) bond motifs is 1. The van der Waals surface area contributed by atoms with E-state index in [1.165, 1.54) is 0 Å². The first-order valence-corrected chi connectivity index (χ1v) is 4.39. The zero-order valence-electron chi connectivity index (χ0n) is 7.42. The summed E-state index contributed by atoms with van der Waals surface area (Å²) in [5, 5.41) is 0.587. The van der Waals surface area contributed by atoms with Gasteiger partial charge in [-0.2, -0.15) is 0 Å². The molecule has 4 heteroatoms. The van der Waals surface area contributed by atoms with E-state index < -0.39 is 0 Å². The van der Waals surface area contributed by atoms with Crippen LogP contribution in [0.3, 0.4) is 0 Å². The van der Waals surface area contributed by atoms with Crippen molar-refractivity contribution in [1.29, 1.82) is 0 Å². The van der Waals surface area contributed by atoms with Crippen LogP contribution in [0.15, 0.2) is 30.0 Å². The van der Waals surface area contributed by atoms with Gasteiger partial charge in [0, 0.05) is 5.56 Å². The molecule has 1 N–H and O–H groups in total. The van der Waals surface area contributed by atoms with Crippen LogP contribution < -0.4 is 0 Å². The second-order valence-electron chi connectivity index (χ2n) is 2.86. The number of H-pyrrole nitrogens is 1. The third-order valence-electron chi connectivity index (χ3n) is 2.00. The number of aromatic nitrogens is 2. The Labute approximate surface area is 86.1 Å². The number of benzene rings is 1. The van der Waals surface area contributed by atoms with Gasteiger partial charge in [0.2, 0.25) is 0 Å². The van der Waals surface area contributed by atoms with Crippen LogP contribution in [0.4, 0.5) is 0 Å². The summed E-state index contributed by atoms with van der Waals surface area (Å²) in [5.41, 5.74) is 3.08. The van der Waals surface area contributed by atoms with Crippen LogP contribution in [0, 0.1) is 0 Å². The normalized spacial score (nSPS) is 10.4. The predicted molar refractivity (Wildman–Crippen MR) is 59.7 cm³/mol. The molecule has 1 aromatic carbocycles. The number of aromatic amines is 1. The molecule has 1 aromatic heterocycles. The van der Waals surface area contributed by atoms with Crippen LogP contribution in [-0.4, -0.2) is 16.7 Å². The molecule has 1 heterocycles. The summed E-state index contributed by atoms with van der Waals surface area (Å²) in [6.07, 6.45) is 1.60. The lowest BCUT2D eigenvalue weighted by atomic mass is 10.1. The first-order valence-electron chi connectivity index (χ1n) is 4.01. The lowest BCUT2D eigenvalue weighted by molar-refractivity contribution is 1.34. The average Bonchev–Trinajstić information content (AvgIpc) is 2.64. The zero-order valence-corrected chi connectivity index (χ0v) is 8.17. The van der Waals surface area contributed by atoms with E-state index in [2.05, 4.69) is 28.3 Å². The van der Waals surface area contributed by atoms with Crippen molar-refractivity contribution in [2.24, 2.45) is 4.99 Å². The number of aliphatic imine (C=N–C) groups is 1. The van der Waals surface area contributed by atoms with Gasteiger partial charge in [0.05, 0.1) is 22.6 Å². The maximum Gasteiger partial charge on any atom is 0.107 e. The molecule has 0 spiro atoms. The molecule has 0 saturated heterocycles. The fourth-order valence-electron chi connectivity index (χ4n) is 1.26. The summed E-state index contributed by atoms with van der Waals surface area (Å²) in [5.74, 6) is 0. The van der Waals surface area contributed by atoms with Crippen LogP contribution in [0.2, 0.25) is 5.02 Å². The monoisotopic (exact) mass is 205 g/mol. The van der Waals surface area contributed by atoms with Crippen molar-refractivity contribution in [2.75, 3.05) is 0 Å². The first-order chi connectivity index (χ1) is 6.72. The highest BCUT2D eigenvalue weighted by atomic mass is 35.5. The molecule has 0 aliphatic heterocycles. The molecule has 2 aromatic rings. The minimum Gasteiger partial charge on any atom is -0.345 e. The van der Waals surface area contributed by atoms with Crippen molar-refractivity contribution in [3.05, 3.63) is 35.6 Å². The standard InChI is InChI=1S/C10H8ClN3/c1-6(12-2)7-3-8(11)10-9(4-7)13-5-14-10/h3-5H,1-2H2,(H,13,14). The fraction of sp³-hybridized carbons (Fsp3) is 0. The lowest BCUT2D eigenvalue weighted by Gasteiger charge is -2.00. The van der Waals surface area contributed by atoms with Crippen molar-refractivity contribution < 1.29 is 0 Å². The molecule has 0 unspecified atom stereocenters. The molecule has 0 fully saturated rings. The van der Waals surface area contributed by atoms with E-state index in [1.807, 2.05) is 6.07 Å². The molecule has 0 bridgehead atoms. The summed E-state index contributed by atoms with van der Waals surface area (Å²) in [6.45, 7) is 7.17. The van der Waals surface area contributed by atoms with Gasteiger partial charge in [0.1, 0.15) is 5.52 Å². The van der Waals surface area contributed by atoms with Crippen LogP contribution >= 0.6 is 11.6 Å². The average molecular weight is 206 g/mol. The van der Waals surface area contributed by atoms with E-state index in [-0.39, 0.29) is 0 Å². The molecule has 0 atom stereocenters. The number of hydrogen-bond acceptors (Lipinski definition) is 2. The minimum atomic E-state index is 0.587. The van der Waals surface area contributed by atoms with Crippen LogP contribution in [-0.2, 0) is 0 Å². The van der Waals surface area contributed by atoms with E-state index in [0.29, 0.717) is 10.7 Å². The van der Waals surface area contributed by atoms with Crippen molar-refractivity contribution in [1.82, 2.24) is 9.97 Å². The van der Waals surface area contributed by atoms with Gasteiger partial charge in [-0.25, -0.2) is 4.98 Å². The van der Waals surface area contributed by atoms with Crippen LogP contribution in [0.5, 0.6) is 0 Å². The first kappa shape index (κ1) is 8.97. The largest absolute Gasteiger partial charge is 0.345 e. The molecule has 0 radical (unpaired) electrons. The molecule has 0 saturated carbocycles. The SMILES string of the molecule is C=NC(=C)c1cc(Cl)c2nc[nH]c2c1. The highest BCUT2D eigenvalue weighted by molar-refractivity contribution is 6.35. The van der Waals surface area contributed by atoms with E-state index in [9.17, 15) is 0 Å². The third-order valence-corrected chi connectivity index (χ3v) is 2.29. The number of halogens is 1. The quantitative estimate of drug-likeness (QED) is 0.753. The molecule has 3 nitrogen and oxygen atoms in total. The van der Waals surface area contributed by atoms with Crippen molar-refractivity contribution in [2.45, 2.75) is 0 Å². The van der Waals surface area contributed by atoms with Gasteiger partial charge in [0.25, 0.3) is 0 Å². The Kier molecular flexibility index (Phi) is 2.09. The molecule has 0 aliphatic rings. The van der Waals surface area contributed by atoms with E-state index in [4.69, 9.17) is 11.6 Å².